The van der Waals surface area contributed by atoms with Gasteiger partial charge in [-0.05, 0) is 86.9 Å². The molecule has 6 heteroatoms. The molecule has 35 heavy (non-hydrogen) atoms. The molecule has 2 aliphatic heterocycles. The standard InChI is InChI=1S/C29H51N2O3.BrH/c1-28-10-9-22-21(23(28)18-25(27(28)33)31(3)13-5-4-6-14-31)8-7-20-17-26(32)24(19-29(20,22)2)30-11-15-34-16-12-30;/h20-27,32-33H,4-19H2,1-3H3;1H/q+1;/p-1/t20-,21+,22-,23-,24-,25-,26-,27-,28-,29-;/m0./s1. The number of likely N-dealkylation sites (tertiary alicyclic amines) is 1. The lowest BCUT2D eigenvalue weighted by Crippen LogP contribution is -3.00. The van der Waals surface area contributed by atoms with Gasteiger partial charge in [-0.25, -0.2) is 0 Å². The topological polar surface area (TPSA) is 52.9 Å². The van der Waals surface area contributed by atoms with Gasteiger partial charge in [0.15, 0.2) is 0 Å². The van der Waals surface area contributed by atoms with Gasteiger partial charge >= 0.3 is 0 Å². The number of aliphatic hydroxyl groups is 2. The van der Waals surface area contributed by atoms with Crippen molar-refractivity contribution in [2.45, 2.75) is 102 Å². The number of fused-ring (bicyclic) bond motifs is 5. The molecule has 4 aliphatic carbocycles. The molecule has 0 unspecified atom stereocenters. The fraction of sp³-hybridized carbons (Fsp3) is 1.00. The summed E-state index contributed by atoms with van der Waals surface area (Å²) >= 11 is 0. The first-order chi connectivity index (χ1) is 16.3. The maximum atomic E-state index is 11.8. The van der Waals surface area contributed by atoms with Crippen LogP contribution in [0.15, 0.2) is 0 Å². The van der Waals surface area contributed by atoms with E-state index in [1.165, 1.54) is 64.5 Å². The summed E-state index contributed by atoms with van der Waals surface area (Å²) in [5.74, 6) is 2.86. The van der Waals surface area contributed by atoms with Crippen LogP contribution in [0.2, 0.25) is 0 Å². The van der Waals surface area contributed by atoms with Gasteiger partial charge in [0.25, 0.3) is 0 Å². The molecule has 5 nitrogen and oxygen atoms in total. The molecule has 202 valence electrons. The minimum atomic E-state index is -0.178. The Hall–Kier alpha value is 0.280. The minimum absolute atomic E-state index is 0. The van der Waals surface area contributed by atoms with Gasteiger partial charge in [0, 0.05) is 31.0 Å². The van der Waals surface area contributed by atoms with Gasteiger partial charge in [0.05, 0.1) is 39.5 Å². The molecule has 0 spiro atoms. The molecule has 0 aromatic rings. The van der Waals surface area contributed by atoms with Gasteiger partial charge in [0.2, 0.25) is 0 Å². The van der Waals surface area contributed by atoms with Crippen molar-refractivity contribution in [2.75, 3.05) is 46.4 Å². The molecular weight excluding hydrogens is 504 g/mol. The summed E-state index contributed by atoms with van der Waals surface area (Å²) in [6.45, 7) is 11.2. The average Bonchev–Trinajstić information content (AvgIpc) is 3.12. The molecule has 2 saturated heterocycles. The first-order valence-corrected chi connectivity index (χ1v) is 14.8. The van der Waals surface area contributed by atoms with E-state index in [2.05, 4.69) is 25.8 Å². The zero-order valence-electron chi connectivity index (χ0n) is 22.5. The van der Waals surface area contributed by atoms with Crippen molar-refractivity contribution < 1.29 is 36.4 Å². The smallest absolute Gasteiger partial charge is 0.116 e. The Balaban J connectivity index is 0.00000253. The highest BCUT2D eigenvalue weighted by Gasteiger charge is 2.65. The van der Waals surface area contributed by atoms with E-state index in [0.717, 1.165) is 55.5 Å². The molecule has 6 rings (SSSR count). The van der Waals surface area contributed by atoms with Crippen molar-refractivity contribution in [1.82, 2.24) is 4.90 Å². The van der Waals surface area contributed by atoms with Gasteiger partial charge in [-0.1, -0.05) is 13.8 Å². The monoisotopic (exact) mass is 554 g/mol. The SMILES string of the molecule is C[C@]12C[C@H](N3CCOCC3)[C@@H](O)C[C@@H]1CC[C@@H]1[C@@H]2CC[C@]2(C)[C@@H](O)[C@@H]([N+]3(C)CCCCC3)C[C@@H]12.[Br-]. The second kappa shape index (κ2) is 9.79. The van der Waals surface area contributed by atoms with Crippen LogP contribution in [0.4, 0.5) is 0 Å². The molecule has 6 fully saturated rings. The Bertz CT molecular complexity index is 756. The predicted octanol–water partition coefficient (Wildman–Crippen LogP) is 0.675. The van der Waals surface area contributed by atoms with E-state index >= 15 is 0 Å². The van der Waals surface area contributed by atoms with Crippen LogP contribution in [0.1, 0.15) is 78.1 Å². The molecule has 0 aromatic heterocycles. The Morgan fingerprint density at radius 1 is 0.886 bits per heavy atom. The molecule has 0 bridgehead atoms. The zero-order chi connectivity index (χ0) is 23.7. The van der Waals surface area contributed by atoms with E-state index in [0.29, 0.717) is 29.3 Å². The molecule has 0 amide bonds. The Morgan fingerprint density at radius 3 is 2.31 bits per heavy atom. The van der Waals surface area contributed by atoms with E-state index in [1.54, 1.807) is 0 Å². The van der Waals surface area contributed by atoms with E-state index in [1.807, 2.05) is 0 Å². The predicted molar refractivity (Wildman–Crippen MR) is 134 cm³/mol. The van der Waals surface area contributed by atoms with Gasteiger partial charge in [-0.3, -0.25) is 4.90 Å². The number of nitrogens with zero attached hydrogens (tertiary/aromatic N) is 2. The number of likely N-dealkylation sites (N-methyl/N-ethyl adjacent to an activating group) is 1. The molecular formula is C29H51BrN2O3. The van der Waals surface area contributed by atoms with Gasteiger partial charge < -0.3 is 36.4 Å². The fourth-order valence-electron chi connectivity index (χ4n) is 10.7. The van der Waals surface area contributed by atoms with Crippen LogP contribution >= 0.6 is 0 Å². The van der Waals surface area contributed by atoms with Crippen molar-refractivity contribution in [3.8, 4) is 0 Å². The zero-order valence-corrected chi connectivity index (χ0v) is 24.1. The second-order valence-corrected chi connectivity index (χ2v) is 14.2. The van der Waals surface area contributed by atoms with E-state index in [-0.39, 0.29) is 34.6 Å². The van der Waals surface area contributed by atoms with Crippen molar-refractivity contribution >= 4 is 0 Å². The number of hydrogen-bond donors (Lipinski definition) is 2. The van der Waals surface area contributed by atoms with Crippen LogP contribution < -0.4 is 17.0 Å². The highest BCUT2D eigenvalue weighted by molar-refractivity contribution is 5.13. The van der Waals surface area contributed by atoms with Crippen LogP contribution in [0.3, 0.4) is 0 Å². The van der Waals surface area contributed by atoms with E-state index < -0.39 is 0 Å². The van der Waals surface area contributed by atoms with Crippen molar-refractivity contribution in [2.24, 2.45) is 34.5 Å². The van der Waals surface area contributed by atoms with Crippen LogP contribution in [0.5, 0.6) is 0 Å². The first-order valence-electron chi connectivity index (χ1n) is 14.8. The lowest BCUT2D eigenvalue weighted by molar-refractivity contribution is -0.940. The summed E-state index contributed by atoms with van der Waals surface area (Å²) in [6, 6.07) is 0.741. The third kappa shape index (κ3) is 4.19. The van der Waals surface area contributed by atoms with Crippen LogP contribution in [-0.4, -0.2) is 90.3 Å². The second-order valence-electron chi connectivity index (χ2n) is 14.2. The van der Waals surface area contributed by atoms with Crippen molar-refractivity contribution in [3.05, 3.63) is 0 Å². The molecule has 10 atom stereocenters. The Kier molecular flexibility index (Phi) is 7.51. The van der Waals surface area contributed by atoms with Gasteiger partial charge in [-0.15, -0.1) is 0 Å². The summed E-state index contributed by atoms with van der Waals surface area (Å²) in [4.78, 5) is 2.54. The number of ether oxygens (including phenoxy) is 1. The van der Waals surface area contributed by atoms with E-state index in [4.69, 9.17) is 4.74 Å². The van der Waals surface area contributed by atoms with Crippen molar-refractivity contribution in [1.29, 1.82) is 0 Å². The van der Waals surface area contributed by atoms with Crippen LogP contribution in [0, 0.1) is 34.5 Å². The summed E-state index contributed by atoms with van der Waals surface area (Å²) in [5.41, 5.74) is 0.435. The van der Waals surface area contributed by atoms with Crippen LogP contribution in [0.25, 0.3) is 0 Å². The fourth-order valence-corrected chi connectivity index (χ4v) is 10.7. The van der Waals surface area contributed by atoms with Crippen molar-refractivity contribution in [3.63, 3.8) is 0 Å². The third-order valence-electron chi connectivity index (χ3n) is 12.8. The molecule has 2 heterocycles. The molecule has 4 saturated carbocycles. The molecule has 0 aromatic carbocycles. The summed E-state index contributed by atoms with van der Waals surface area (Å²) < 4.78 is 6.75. The maximum absolute atomic E-state index is 11.8. The van der Waals surface area contributed by atoms with E-state index in [9.17, 15) is 10.2 Å². The molecule has 2 N–H and O–H groups in total. The summed E-state index contributed by atoms with van der Waals surface area (Å²) in [7, 11) is 2.46. The highest BCUT2D eigenvalue weighted by Crippen LogP contribution is 2.67. The maximum Gasteiger partial charge on any atom is 0.116 e. The molecule has 0 radical (unpaired) electrons. The number of aliphatic hydroxyl groups excluding tert-OH is 2. The number of halogens is 1. The highest BCUT2D eigenvalue weighted by atomic mass is 79.9. The number of hydrogen-bond acceptors (Lipinski definition) is 4. The minimum Gasteiger partial charge on any atom is -1.00 e. The Morgan fingerprint density at radius 2 is 1.60 bits per heavy atom. The number of rotatable bonds is 2. The van der Waals surface area contributed by atoms with Gasteiger partial charge in [-0.2, -0.15) is 0 Å². The lowest BCUT2D eigenvalue weighted by atomic mass is 9.44. The normalized spacial score (nSPS) is 52.0. The summed E-state index contributed by atoms with van der Waals surface area (Å²) in [6.07, 6.45) is 12.2. The van der Waals surface area contributed by atoms with Crippen LogP contribution in [-0.2, 0) is 4.74 Å². The number of morpholine rings is 1. The number of piperidine rings is 1. The summed E-state index contributed by atoms with van der Waals surface area (Å²) in [5, 5.41) is 23.0. The quantitative estimate of drug-likeness (QED) is 0.493. The molecule has 6 aliphatic rings. The Labute approximate surface area is 224 Å². The first kappa shape index (κ1) is 26.9. The third-order valence-corrected chi connectivity index (χ3v) is 12.8. The largest absolute Gasteiger partial charge is 1.00 e. The number of quaternary nitrogens is 1. The average molecular weight is 556 g/mol. The lowest BCUT2D eigenvalue weighted by Gasteiger charge is -2.62. The van der Waals surface area contributed by atoms with Gasteiger partial charge in [0.1, 0.15) is 12.1 Å².